The maximum atomic E-state index is 2.94. The molecular formula is C11H21P. The summed E-state index contributed by atoms with van der Waals surface area (Å²) in [4.78, 5) is 0. The predicted molar refractivity (Wildman–Crippen MR) is 59.6 cm³/mol. The van der Waals surface area contributed by atoms with Gasteiger partial charge in [-0.1, -0.05) is 31.4 Å². The van der Waals surface area contributed by atoms with Crippen molar-refractivity contribution in [2.75, 3.05) is 0 Å². The lowest BCUT2D eigenvalue weighted by molar-refractivity contribution is 0.584. The van der Waals surface area contributed by atoms with Crippen LogP contribution in [0.4, 0.5) is 0 Å². The Kier molecular flexibility index (Phi) is 3.35. The number of allylic oxidation sites excluding steroid dienone is 2. The number of rotatable bonds is 1. The zero-order chi connectivity index (χ0) is 9.19. The second kappa shape index (κ2) is 3.92. The summed E-state index contributed by atoms with van der Waals surface area (Å²) < 4.78 is 0. The zero-order valence-corrected chi connectivity index (χ0v) is 9.77. The normalized spacial score (nSPS) is 19.5. The van der Waals surface area contributed by atoms with Crippen LogP contribution in [0.2, 0.25) is 0 Å². The molecule has 1 heteroatoms. The van der Waals surface area contributed by atoms with Crippen molar-refractivity contribution in [2.24, 2.45) is 0 Å². The van der Waals surface area contributed by atoms with E-state index in [-0.39, 0.29) is 0 Å². The van der Waals surface area contributed by atoms with Gasteiger partial charge in [0.05, 0.1) is 0 Å². The Labute approximate surface area is 79.0 Å². The topological polar surface area (TPSA) is 0 Å². The number of hydrogen-bond donors (Lipinski definition) is 0. The lowest BCUT2D eigenvalue weighted by Gasteiger charge is -2.26. The van der Waals surface area contributed by atoms with Crippen LogP contribution in [0.5, 0.6) is 0 Å². The Bertz CT molecular complexity index is 176. The molecule has 0 heterocycles. The van der Waals surface area contributed by atoms with Gasteiger partial charge in [-0.2, -0.15) is 0 Å². The smallest absolute Gasteiger partial charge is 0.0000280 e. The molecule has 0 radical (unpaired) electrons. The van der Waals surface area contributed by atoms with E-state index >= 15 is 0 Å². The summed E-state index contributed by atoms with van der Waals surface area (Å²) in [5.41, 5.74) is 3.33. The minimum Gasteiger partial charge on any atom is -0.127 e. The minimum atomic E-state index is 0.312. The average molecular weight is 184 g/mol. The standard InChI is InChI=1S/C11H21P/c1-9(11(2,3)12)10-7-5-4-6-8-10/h4-8,12H2,1-3H3. The van der Waals surface area contributed by atoms with Crippen molar-refractivity contribution >= 4 is 9.24 Å². The van der Waals surface area contributed by atoms with Crippen molar-refractivity contribution in [3.63, 3.8) is 0 Å². The summed E-state index contributed by atoms with van der Waals surface area (Å²) in [5.74, 6) is 0. The van der Waals surface area contributed by atoms with E-state index in [2.05, 4.69) is 30.0 Å². The average Bonchev–Trinajstić information content (AvgIpc) is 2.03. The van der Waals surface area contributed by atoms with Gasteiger partial charge in [-0.25, -0.2) is 0 Å². The van der Waals surface area contributed by atoms with Gasteiger partial charge in [0.15, 0.2) is 0 Å². The molecule has 1 aliphatic rings. The highest BCUT2D eigenvalue weighted by atomic mass is 31.0. The van der Waals surface area contributed by atoms with E-state index in [1.54, 1.807) is 11.1 Å². The second-order valence-corrected chi connectivity index (χ2v) is 5.95. The van der Waals surface area contributed by atoms with Gasteiger partial charge in [-0.05, 0) is 32.6 Å². The first-order valence-corrected chi connectivity index (χ1v) is 5.57. The van der Waals surface area contributed by atoms with Gasteiger partial charge >= 0.3 is 0 Å². The molecule has 0 N–H and O–H groups in total. The van der Waals surface area contributed by atoms with Crippen molar-refractivity contribution in [2.45, 2.75) is 58.0 Å². The third-order valence-corrected chi connectivity index (χ3v) is 3.39. The van der Waals surface area contributed by atoms with Crippen molar-refractivity contribution in [1.82, 2.24) is 0 Å². The third-order valence-electron chi connectivity index (χ3n) is 2.95. The van der Waals surface area contributed by atoms with E-state index in [9.17, 15) is 0 Å². The molecule has 0 spiro atoms. The molecule has 0 amide bonds. The van der Waals surface area contributed by atoms with E-state index < -0.39 is 0 Å². The van der Waals surface area contributed by atoms with Gasteiger partial charge in [0.2, 0.25) is 0 Å². The Morgan fingerprint density at radius 1 is 1.17 bits per heavy atom. The fourth-order valence-corrected chi connectivity index (χ4v) is 2.01. The van der Waals surface area contributed by atoms with Gasteiger partial charge in [0.1, 0.15) is 0 Å². The van der Waals surface area contributed by atoms with Gasteiger partial charge in [0, 0.05) is 5.16 Å². The Morgan fingerprint density at radius 3 is 2.08 bits per heavy atom. The van der Waals surface area contributed by atoms with E-state index in [4.69, 9.17) is 0 Å². The van der Waals surface area contributed by atoms with Gasteiger partial charge in [0.25, 0.3) is 0 Å². The first-order chi connectivity index (χ1) is 5.52. The molecule has 1 atom stereocenters. The van der Waals surface area contributed by atoms with Crippen LogP contribution in [-0.4, -0.2) is 5.16 Å². The Balaban J connectivity index is 2.74. The van der Waals surface area contributed by atoms with Gasteiger partial charge in [-0.15, -0.1) is 9.24 Å². The molecule has 0 saturated heterocycles. The van der Waals surface area contributed by atoms with Crippen LogP contribution >= 0.6 is 9.24 Å². The lowest BCUT2D eigenvalue weighted by atomic mass is 9.87. The van der Waals surface area contributed by atoms with Gasteiger partial charge in [-0.3, -0.25) is 0 Å². The highest BCUT2D eigenvalue weighted by molar-refractivity contribution is 7.19. The molecule has 0 nitrogen and oxygen atoms in total. The van der Waals surface area contributed by atoms with Crippen LogP contribution in [0, 0.1) is 0 Å². The summed E-state index contributed by atoms with van der Waals surface area (Å²) >= 11 is 0. The maximum Gasteiger partial charge on any atom is 0.0000280 e. The van der Waals surface area contributed by atoms with Crippen LogP contribution in [0.1, 0.15) is 52.9 Å². The van der Waals surface area contributed by atoms with Gasteiger partial charge < -0.3 is 0 Å². The van der Waals surface area contributed by atoms with Crippen LogP contribution in [0.3, 0.4) is 0 Å². The molecule has 0 aliphatic heterocycles. The molecule has 0 aromatic carbocycles. The molecule has 12 heavy (non-hydrogen) atoms. The lowest BCUT2D eigenvalue weighted by Crippen LogP contribution is -2.14. The molecule has 1 aliphatic carbocycles. The Hall–Kier alpha value is 0.170. The molecule has 70 valence electrons. The summed E-state index contributed by atoms with van der Waals surface area (Å²) in [5, 5.41) is 0.312. The van der Waals surface area contributed by atoms with Crippen molar-refractivity contribution in [1.29, 1.82) is 0 Å². The largest absolute Gasteiger partial charge is 0.127 e. The zero-order valence-electron chi connectivity index (χ0n) is 8.61. The molecule has 1 rings (SSSR count). The highest BCUT2D eigenvalue weighted by Gasteiger charge is 2.18. The molecule has 0 aromatic rings. The third kappa shape index (κ3) is 2.59. The second-order valence-electron chi connectivity index (χ2n) is 4.51. The van der Waals surface area contributed by atoms with E-state index in [1.807, 2.05) is 0 Å². The minimum absolute atomic E-state index is 0.312. The summed E-state index contributed by atoms with van der Waals surface area (Å²) in [6.07, 6.45) is 6.96. The molecule has 0 bridgehead atoms. The molecule has 1 fully saturated rings. The first kappa shape index (κ1) is 10.3. The van der Waals surface area contributed by atoms with Crippen molar-refractivity contribution in [3.8, 4) is 0 Å². The molecule has 1 saturated carbocycles. The number of hydrogen-bond acceptors (Lipinski definition) is 0. The molecule has 0 aromatic heterocycles. The maximum absolute atomic E-state index is 2.94. The SMILES string of the molecule is CC(=C1CCCCC1)C(C)(C)P. The van der Waals surface area contributed by atoms with E-state index in [0.717, 1.165) is 0 Å². The molecular weight excluding hydrogens is 163 g/mol. The predicted octanol–water partition coefficient (Wildman–Crippen LogP) is 3.92. The summed E-state index contributed by atoms with van der Waals surface area (Å²) in [6, 6.07) is 0. The summed E-state index contributed by atoms with van der Waals surface area (Å²) in [6.45, 7) is 6.87. The van der Waals surface area contributed by atoms with Crippen LogP contribution < -0.4 is 0 Å². The monoisotopic (exact) mass is 184 g/mol. The van der Waals surface area contributed by atoms with E-state index in [1.165, 1.54) is 32.1 Å². The summed E-state index contributed by atoms with van der Waals surface area (Å²) in [7, 11) is 2.94. The fraction of sp³-hybridized carbons (Fsp3) is 0.818. The quantitative estimate of drug-likeness (QED) is 0.428. The van der Waals surface area contributed by atoms with Crippen LogP contribution in [-0.2, 0) is 0 Å². The Morgan fingerprint density at radius 2 is 1.67 bits per heavy atom. The fourth-order valence-electron chi connectivity index (χ4n) is 1.81. The first-order valence-electron chi connectivity index (χ1n) is 5.00. The highest BCUT2D eigenvalue weighted by Crippen LogP contribution is 2.34. The van der Waals surface area contributed by atoms with Crippen molar-refractivity contribution < 1.29 is 0 Å². The van der Waals surface area contributed by atoms with Crippen LogP contribution in [0.15, 0.2) is 11.1 Å². The van der Waals surface area contributed by atoms with E-state index in [0.29, 0.717) is 5.16 Å². The molecule has 1 unspecified atom stereocenters. The van der Waals surface area contributed by atoms with Crippen molar-refractivity contribution in [3.05, 3.63) is 11.1 Å². The van der Waals surface area contributed by atoms with Crippen LogP contribution in [0.25, 0.3) is 0 Å².